The Labute approximate surface area is 147 Å². The average molecular weight is 388 g/mol. The van der Waals surface area contributed by atoms with Gasteiger partial charge in [0.1, 0.15) is 0 Å². The number of halogens is 3. The van der Waals surface area contributed by atoms with E-state index in [1.807, 2.05) is 0 Å². The van der Waals surface area contributed by atoms with E-state index in [2.05, 4.69) is 5.32 Å². The Morgan fingerprint density at radius 2 is 1.81 bits per heavy atom. The van der Waals surface area contributed by atoms with Crippen LogP contribution < -0.4 is 19.9 Å². The summed E-state index contributed by atoms with van der Waals surface area (Å²) in [5, 5.41) is 7.67. The van der Waals surface area contributed by atoms with Crippen molar-refractivity contribution in [3.8, 4) is 11.5 Å². The van der Waals surface area contributed by atoms with Gasteiger partial charge in [0, 0.05) is 11.7 Å². The third-order valence-corrected chi connectivity index (χ3v) is 4.80. The van der Waals surface area contributed by atoms with Gasteiger partial charge in [0.2, 0.25) is 16.8 Å². The second-order valence-corrected chi connectivity index (χ2v) is 7.29. The van der Waals surface area contributed by atoms with Crippen LogP contribution in [0.2, 0.25) is 0 Å². The summed E-state index contributed by atoms with van der Waals surface area (Å²) in [4.78, 5) is -0.605. The normalized spacial score (nSPS) is 15.0. The van der Waals surface area contributed by atoms with Crippen LogP contribution in [0.15, 0.2) is 41.3 Å². The topological polar surface area (TPSA) is 90.7 Å². The van der Waals surface area contributed by atoms with Crippen LogP contribution in [0, 0.1) is 0 Å². The number of rotatable bonds is 4. The molecule has 2 aromatic rings. The Morgan fingerprint density at radius 3 is 2.46 bits per heavy atom. The molecule has 0 bridgehead atoms. The quantitative estimate of drug-likeness (QED) is 0.839. The third kappa shape index (κ3) is 3.70. The maximum absolute atomic E-state index is 13.3. The molecular weight excluding hydrogens is 373 g/mol. The maximum Gasteiger partial charge on any atom is 0.418 e. The van der Waals surface area contributed by atoms with Crippen LogP contribution >= 0.6 is 0 Å². The molecule has 26 heavy (non-hydrogen) atoms. The predicted octanol–water partition coefficient (Wildman–Crippen LogP) is 3.25. The molecule has 0 fully saturated rings. The van der Waals surface area contributed by atoms with Gasteiger partial charge in [0.25, 0.3) is 0 Å². The standard InChI is InChI=1S/C16H15F3N2O4S/c1-9(10-2-5-14-15(6-10)25-8-24-14)21-13-4-3-11(26(20,22)23)7-12(13)16(17,18)19/h2-7,9,21H,8H2,1H3,(H2,20,22,23). The third-order valence-electron chi connectivity index (χ3n) is 3.89. The number of sulfonamides is 1. The first kappa shape index (κ1) is 18.3. The van der Waals surface area contributed by atoms with Crippen molar-refractivity contribution in [3.63, 3.8) is 0 Å². The Bertz CT molecular complexity index is 945. The molecule has 1 heterocycles. The lowest BCUT2D eigenvalue weighted by molar-refractivity contribution is -0.137. The fraction of sp³-hybridized carbons (Fsp3) is 0.250. The Kier molecular flexibility index (Phi) is 4.49. The van der Waals surface area contributed by atoms with Crippen molar-refractivity contribution >= 4 is 15.7 Å². The Balaban J connectivity index is 1.93. The zero-order valence-corrected chi connectivity index (χ0v) is 14.3. The number of anilines is 1. The highest BCUT2D eigenvalue weighted by molar-refractivity contribution is 7.89. The first-order chi connectivity index (χ1) is 12.1. The van der Waals surface area contributed by atoms with Crippen molar-refractivity contribution in [1.29, 1.82) is 0 Å². The van der Waals surface area contributed by atoms with E-state index in [1.165, 1.54) is 0 Å². The summed E-state index contributed by atoms with van der Waals surface area (Å²) >= 11 is 0. The summed E-state index contributed by atoms with van der Waals surface area (Å²) in [5.74, 6) is 1.08. The van der Waals surface area contributed by atoms with Crippen molar-refractivity contribution in [1.82, 2.24) is 0 Å². The number of alkyl halides is 3. The molecule has 0 saturated heterocycles. The highest BCUT2D eigenvalue weighted by Crippen LogP contribution is 2.39. The molecular formula is C16H15F3N2O4S. The van der Waals surface area contributed by atoms with E-state index in [9.17, 15) is 21.6 Å². The van der Waals surface area contributed by atoms with E-state index in [0.29, 0.717) is 23.1 Å². The van der Waals surface area contributed by atoms with Gasteiger partial charge in [-0.25, -0.2) is 13.6 Å². The van der Waals surface area contributed by atoms with E-state index in [-0.39, 0.29) is 12.5 Å². The van der Waals surface area contributed by atoms with Gasteiger partial charge in [-0.2, -0.15) is 13.2 Å². The van der Waals surface area contributed by atoms with Crippen molar-refractivity contribution in [2.45, 2.75) is 24.0 Å². The molecule has 0 saturated carbocycles. The highest BCUT2D eigenvalue weighted by Gasteiger charge is 2.35. The highest BCUT2D eigenvalue weighted by atomic mass is 32.2. The van der Waals surface area contributed by atoms with Gasteiger partial charge in [-0.3, -0.25) is 0 Å². The summed E-state index contributed by atoms with van der Waals surface area (Å²) < 4.78 is 73.2. The number of nitrogens with two attached hydrogens (primary N) is 1. The minimum atomic E-state index is -4.75. The molecule has 1 aliphatic heterocycles. The maximum atomic E-state index is 13.3. The molecule has 1 atom stereocenters. The predicted molar refractivity (Wildman–Crippen MR) is 87.4 cm³/mol. The molecule has 3 N–H and O–H groups in total. The number of fused-ring (bicyclic) bond motifs is 1. The van der Waals surface area contributed by atoms with Gasteiger partial charge in [-0.05, 0) is 42.8 Å². The van der Waals surface area contributed by atoms with Gasteiger partial charge in [0.05, 0.1) is 10.5 Å². The van der Waals surface area contributed by atoms with E-state index in [0.717, 1.165) is 12.1 Å². The number of hydrogen-bond donors (Lipinski definition) is 2. The van der Waals surface area contributed by atoms with Crippen molar-refractivity contribution in [2.24, 2.45) is 5.14 Å². The number of nitrogens with one attached hydrogen (secondary N) is 1. The molecule has 6 nitrogen and oxygen atoms in total. The molecule has 0 radical (unpaired) electrons. The van der Waals surface area contributed by atoms with Crippen LogP contribution in [0.1, 0.15) is 24.1 Å². The molecule has 1 unspecified atom stereocenters. The van der Waals surface area contributed by atoms with Crippen LogP contribution in [-0.4, -0.2) is 15.2 Å². The van der Waals surface area contributed by atoms with Crippen molar-refractivity contribution in [3.05, 3.63) is 47.5 Å². The SMILES string of the molecule is CC(Nc1ccc(S(N)(=O)=O)cc1C(F)(F)F)c1ccc2c(c1)OCO2. The fourth-order valence-corrected chi connectivity index (χ4v) is 3.10. The van der Waals surface area contributed by atoms with Crippen LogP contribution in [0.4, 0.5) is 18.9 Å². The van der Waals surface area contributed by atoms with Gasteiger partial charge in [0.15, 0.2) is 11.5 Å². The molecule has 0 aromatic heterocycles. The van der Waals surface area contributed by atoms with E-state index in [1.54, 1.807) is 25.1 Å². The Hall–Kier alpha value is -2.46. The summed E-state index contributed by atoms with van der Waals surface area (Å²) in [5.41, 5.74) is -0.690. The van der Waals surface area contributed by atoms with E-state index < -0.39 is 32.7 Å². The molecule has 0 spiro atoms. The summed E-state index contributed by atoms with van der Waals surface area (Å²) in [6.07, 6.45) is -4.75. The van der Waals surface area contributed by atoms with Gasteiger partial charge < -0.3 is 14.8 Å². The summed E-state index contributed by atoms with van der Waals surface area (Å²) in [7, 11) is -4.25. The molecule has 140 valence electrons. The van der Waals surface area contributed by atoms with E-state index in [4.69, 9.17) is 14.6 Å². The van der Waals surface area contributed by atoms with E-state index >= 15 is 0 Å². The number of benzene rings is 2. The largest absolute Gasteiger partial charge is 0.454 e. The molecule has 10 heteroatoms. The summed E-state index contributed by atoms with van der Waals surface area (Å²) in [6.45, 7) is 1.76. The smallest absolute Gasteiger partial charge is 0.418 e. The first-order valence-electron chi connectivity index (χ1n) is 7.46. The molecule has 3 rings (SSSR count). The minimum absolute atomic E-state index is 0.0911. The monoisotopic (exact) mass is 388 g/mol. The lowest BCUT2D eigenvalue weighted by Gasteiger charge is -2.20. The van der Waals surface area contributed by atoms with Gasteiger partial charge in [-0.1, -0.05) is 6.07 Å². The number of hydrogen-bond acceptors (Lipinski definition) is 5. The zero-order valence-electron chi connectivity index (χ0n) is 13.5. The molecule has 0 aliphatic carbocycles. The second-order valence-electron chi connectivity index (χ2n) is 5.73. The lowest BCUT2D eigenvalue weighted by atomic mass is 10.1. The van der Waals surface area contributed by atoms with Gasteiger partial charge in [-0.15, -0.1) is 0 Å². The van der Waals surface area contributed by atoms with Crippen molar-refractivity contribution in [2.75, 3.05) is 12.1 Å². The first-order valence-corrected chi connectivity index (χ1v) is 9.00. The van der Waals surface area contributed by atoms with Crippen LogP contribution in [0.3, 0.4) is 0 Å². The molecule has 2 aromatic carbocycles. The van der Waals surface area contributed by atoms with Crippen LogP contribution in [-0.2, 0) is 16.2 Å². The lowest BCUT2D eigenvalue weighted by Crippen LogP contribution is -2.17. The number of primary sulfonamides is 1. The van der Waals surface area contributed by atoms with Crippen molar-refractivity contribution < 1.29 is 31.1 Å². The molecule has 0 amide bonds. The van der Waals surface area contributed by atoms with Crippen LogP contribution in [0.25, 0.3) is 0 Å². The zero-order chi connectivity index (χ0) is 19.1. The van der Waals surface area contributed by atoms with Gasteiger partial charge >= 0.3 is 6.18 Å². The fourth-order valence-electron chi connectivity index (χ4n) is 2.56. The second kappa shape index (κ2) is 6.36. The Morgan fingerprint density at radius 1 is 1.12 bits per heavy atom. The molecule has 1 aliphatic rings. The van der Waals surface area contributed by atoms with Crippen LogP contribution in [0.5, 0.6) is 11.5 Å². The number of ether oxygens (including phenoxy) is 2. The average Bonchev–Trinajstić information content (AvgIpc) is 3.00. The minimum Gasteiger partial charge on any atom is -0.454 e. The summed E-state index contributed by atoms with van der Waals surface area (Å²) in [6, 6.07) is 7.13.